The summed E-state index contributed by atoms with van der Waals surface area (Å²) in [5.41, 5.74) is 0. The van der Waals surface area contributed by atoms with Gasteiger partial charge in [-0.15, -0.1) is 11.6 Å². The quantitative estimate of drug-likeness (QED) is 0.172. The molecule has 0 spiro atoms. The molecule has 0 N–H and O–H groups in total. The van der Waals surface area contributed by atoms with Crippen molar-refractivity contribution in [3.05, 3.63) is 12.2 Å². The first-order chi connectivity index (χ1) is 10.8. The summed E-state index contributed by atoms with van der Waals surface area (Å²) in [6.07, 6.45) is 26.8. The van der Waals surface area contributed by atoms with E-state index in [2.05, 4.69) is 19.1 Å². The molecular weight excluding hydrogens is 288 g/mol. The Kier molecular flexibility index (Phi) is 13.3. The summed E-state index contributed by atoms with van der Waals surface area (Å²) in [5, 5.41) is 0.424. The van der Waals surface area contributed by atoms with Crippen molar-refractivity contribution in [2.75, 3.05) is 0 Å². The fourth-order valence-electron chi connectivity index (χ4n) is 3.56. The Balaban J connectivity index is 1.78. The first-order valence-corrected chi connectivity index (χ1v) is 10.6. The normalized spacial score (nSPS) is 19.5. The van der Waals surface area contributed by atoms with E-state index >= 15 is 0 Å². The fourth-order valence-corrected chi connectivity index (χ4v) is 3.94. The number of halogens is 1. The summed E-state index contributed by atoms with van der Waals surface area (Å²) in [7, 11) is 0. The van der Waals surface area contributed by atoms with Crippen LogP contribution in [-0.4, -0.2) is 5.38 Å². The molecule has 1 aliphatic carbocycles. The Labute approximate surface area is 145 Å². The smallest absolute Gasteiger partial charge is 0.0367 e. The molecule has 0 aromatic rings. The van der Waals surface area contributed by atoms with Crippen molar-refractivity contribution in [2.24, 2.45) is 5.92 Å². The maximum absolute atomic E-state index is 6.56. The number of alkyl halides is 1. The van der Waals surface area contributed by atoms with Crippen molar-refractivity contribution >= 4 is 11.6 Å². The molecule has 130 valence electrons. The summed E-state index contributed by atoms with van der Waals surface area (Å²) < 4.78 is 0. The van der Waals surface area contributed by atoms with E-state index in [-0.39, 0.29) is 0 Å². The third-order valence-electron chi connectivity index (χ3n) is 5.15. The van der Waals surface area contributed by atoms with Gasteiger partial charge in [-0.05, 0) is 31.6 Å². The largest absolute Gasteiger partial charge is 0.123 e. The molecule has 1 aliphatic rings. The van der Waals surface area contributed by atoms with Crippen molar-refractivity contribution in [2.45, 2.75) is 115 Å². The van der Waals surface area contributed by atoms with Gasteiger partial charge in [-0.2, -0.15) is 0 Å². The zero-order chi connectivity index (χ0) is 15.9. The van der Waals surface area contributed by atoms with Gasteiger partial charge < -0.3 is 0 Å². The molecule has 0 aromatic heterocycles. The summed E-state index contributed by atoms with van der Waals surface area (Å²) in [6, 6.07) is 0. The molecule has 0 amide bonds. The van der Waals surface area contributed by atoms with Crippen LogP contribution in [0.5, 0.6) is 0 Å². The van der Waals surface area contributed by atoms with E-state index in [1.54, 1.807) is 0 Å². The maximum atomic E-state index is 6.56. The van der Waals surface area contributed by atoms with Crippen LogP contribution in [0.15, 0.2) is 12.2 Å². The zero-order valence-corrected chi connectivity index (χ0v) is 15.8. The van der Waals surface area contributed by atoms with Gasteiger partial charge in [0.1, 0.15) is 0 Å². The SMILES string of the molecule is CCCCCCCCCCCCCCC(Cl)C1CC=CCC1. The lowest BCUT2D eigenvalue weighted by Crippen LogP contribution is -2.16. The lowest BCUT2D eigenvalue weighted by Gasteiger charge is -2.23. The van der Waals surface area contributed by atoms with Crippen LogP contribution < -0.4 is 0 Å². The molecule has 0 aromatic carbocycles. The van der Waals surface area contributed by atoms with Gasteiger partial charge in [-0.1, -0.05) is 96.1 Å². The lowest BCUT2D eigenvalue weighted by atomic mass is 9.89. The van der Waals surface area contributed by atoms with Gasteiger partial charge in [0.25, 0.3) is 0 Å². The van der Waals surface area contributed by atoms with Crippen LogP contribution in [0.4, 0.5) is 0 Å². The van der Waals surface area contributed by atoms with E-state index < -0.39 is 0 Å². The monoisotopic (exact) mass is 326 g/mol. The summed E-state index contributed by atoms with van der Waals surface area (Å²) in [5.74, 6) is 0.749. The number of hydrogen-bond donors (Lipinski definition) is 0. The molecule has 0 saturated carbocycles. The van der Waals surface area contributed by atoms with Crippen LogP contribution in [-0.2, 0) is 0 Å². The lowest BCUT2D eigenvalue weighted by molar-refractivity contribution is 0.425. The highest BCUT2D eigenvalue weighted by Crippen LogP contribution is 2.28. The molecule has 0 aliphatic heterocycles. The molecular formula is C21H39Cl. The predicted molar refractivity (Wildman–Crippen MR) is 102 cm³/mol. The van der Waals surface area contributed by atoms with E-state index in [0.717, 1.165) is 5.92 Å². The maximum Gasteiger partial charge on any atom is 0.0367 e. The molecule has 0 nitrogen and oxygen atoms in total. The van der Waals surface area contributed by atoms with Gasteiger partial charge in [0.05, 0.1) is 0 Å². The minimum atomic E-state index is 0.424. The highest BCUT2D eigenvalue weighted by molar-refractivity contribution is 6.20. The van der Waals surface area contributed by atoms with Crippen molar-refractivity contribution in [1.82, 2.24) is 0 Å². The first-order valence-electron chi connectivity index (χ1n) is 10.1. The topological polar surface area (TPSA) is 0 Å². The number of allylic oxidation sites excluding steroid dienone is 2. The van der Waals surface area contributed by atoms with Gasteiger partial charge in [-0.3, -0.25) is 0 Å². The second-order valence-electron chi connectivity index (χ2n) is 7.24. The average molecular weight is 327 g/mol. The Morgan fingerprint density at radius 2 is 1.36 bits per heavy atom. The van der Waals surface area contributed by atoms with Crippen LogP contribution in [0.25, 0.3) is 0 Å². The average Bonchev–Trinajstić information content (AvgIpc) is 2.56. The molecule has 0 saturated heterocycles. The Morgan fingerprint density at radius 1 is 0.818 bits per heavy atom. The van der Waals surface area contributed by atoms with Gasteiger partial charge in [0.2, 0.25) is 0 Å². The summed E-state index contributed by atoms with van der Waals surface area (Å²) in [6.45, 7) is 2.29. The third kappa shape index (κ3) is 10.7. The predicted octanol–water partition coefficient (Wildman–Crippen LogP) is 8.04. The Morgan fingerprint density at radius 3 is 1.86 bits per heavy atom. The highest BCUT2D eigenvalue weighted by atomic mass is 35.5. The standard InChI is InChI=1S/C21H39Cl/c1-2-3-4-5-6-7-8-9-10-11-12-16-19-21(22)20-17-14-13-15-18-20/h13-14,20-21H,2-12,15-19H2,1H3. The van der Waals surface area contributed by atoms with Crippen LogP contribution in [0.2, 0.25) is 0 Å². The zero-order valence-electron chi connectivity index (χ0n) is 15.0. The second-order valence-corrected chi connectivity index (χ2v) is 7.80. The molecule has 0 fully saturated rings. The molecule has 0 bridgehead atoms. The van der Waals surface area contributed by atoms with Crippen molar-refractivity contribution < 1.29 is 0 Å². The Bertz CT molecular complexity index is 259. The molecule has 2 unspecified atom stereocenters. The van der Waals surface area contributed by atoms with Crippen LogP contribution in [0.1, 0.15) is 110 Å². The highest BCUT2D eigenvalue weighted by Gasteiger charge is 2.18. The molecule has 2 atom stereocenters. The molecule has 1 heteroatoms. The van der Waals surface area contributed by atoms with Crippen molar-refractivity contribution in [3.63, 3.8) is 0 Å². The first kappa shape index (κ1) is 20.1. The van der Waals surface area contributed by atoms with E-state index in [9.17, 15) is 0 Å². The van der Waals surface area contributed by atoms with E-state index in [1.807, 2.05) is 0 Å². The fraction of sp³-hybridized carbons (Fsp3) is 0.905. The summed E-state index contributed by atoms with van der Waals surface area (Å²) in [4.78, 5) is 0. The van der Waals surface area contributed by atoms with E-state index in [1.165, 1.54) is 103 Å². The number of rotatable bonds is 14. The van der Waals surface area contributed by atoms with Gasteiger partial charge in [0.15, 0.2) is 0 Å². The minimum Gasteiger partial charge on any atom is -0.123 e. The minimum absolute atomic E-state index is 0.424. The third-order valence-corrected chi connectivity index (χ3v) is 5.73. The van der Waals surface area contributed by atoms with Crippen molar-refractivity contribution in [1.29, 1.82) is 0 Å². The van der Waals surface area contributed by atoms with Gasteiger partial charge >= 0.3 is 0 Å². The van der Waals surface area contributed by atoms with E-state index in [0.29, 0.717) is 5.38 Å². The molecule has 0 radical (unpaired) electrons. The van der Waals surface area contributed by atoms with Crippen LogP contribution in [0, 0.1) is 5.92 Å². The molecule has 1 rings (SSSR count). The van der Waals surface area contributed by atoms with Crippen LogP contribution >= 0.6 is 11.6 Å². The number of hydrogen-bond acceptors (Lipinski definition) is 0. The van der Waals surface area contributed by atoms with Crippen LogP contribution in [0.3, 0.4) is 0 Å². The van der Waals surface area contributed by atoms with Gasteiger partial charge in [-0.25, -0.2) is 0 Å². The Hall–Kier alpha value is 0.0300. The number of unbranched alkanes of at least 4 members (excludes halogenated alkanes) is 11. The second kappa shape index (κ2) is 14.6. The molecule has 22 heavy (non-hydrogen) atoms. The molecule has 0 heterocycles. The van der Waals surface area contributed by atoms with Gasteiger partial charge in [0, 0.05) is 5.38 Å². The summed E-state index contributed by atoms with van der Waals surface area (Å²) >= 11 is 6.56. The van der Waals surface area contributed by atoms with Crippen molar-refractivity contribution in [3.8, 4) is 0 Å². The van der Waals surface area contributed by atoms with E-state index in [4.69, 9.17) is 11.6 Å².